The monoisotopic (exact) mass is 271 g/mol. The molecule has 1 aromatic carbocycles. The van der Waals surface area contributed by atoms with Gasteiger partial charge in [-0.2, -0.15) is 10.4 Å². The van der Waals surface area contributed by atoms with Crippen molar-refractivity contribution in [1.29, 1.82) is 5.26 Å². The van der Waals surface area contributed by atoms with Crippen LogP contribution in [0.1, 0.15) is 25.3 Å². The van der Waals surface area contributed by atoms with Crippen LogP contribution < -0.4 is 5.01 Å². The number of carboxylic acids is 1. The molecule has 0 fully saturated rings. The van der Waals surface area contributed by atoms with E-state index in [4.69, 9.17) is 10.4 Å². The lowest BCUT2D eigenvalue weighted by atomic mass is 9.98. The zero-order valence-corrected chi connectivity index (χ0v) is 10.9. The summed E-state index contributed by atoms with van der Waals surface area (Å²) in [6, 6.07) is 8.51. The molecule has 1 N–H and O–H groups in total. The Hall–Kier alpha value is -2.68. The number of anilines is 1. The van der Waals surface area contributed by atoms with E-state index >= 15 is 0 Å². The molecule has 0 aliphatic carbocycles. The van der Waals surface area contributed by atoms with E-state index in [9.17, 15) is 9.59 Å². The third-order valence-electron chi connectivity index (χ3n) is 3.16. The Labute approximate surface area is 115 Å². The summed E-state index contributed by atoms with van der Waals surface area (Å²) < 4.78 is 0. The van der Waals surface area contributed by atoms with E-state index in [-0.39, 0.29) is 18.7 Å². The first kappa shape index (κ1) is 13.7. The van der Waals surface area contributed by atoms with Crippen LogP contribution in [-0.2, 0) is 9.59 Å². The van der Waals surface area contributed by atoms with E-state index < -0.39 is 11.9 Å². The molecule has 1 heterocycles. The van der Waals surface area contributed by atoms with Gasteiger partial charge in [-0.25, -0.2) is 5.01 Å². The molecule has 1 unspecified atom stereocenters. The molecular formula is C14H13N3O3. The SMILES string of the molecule is CC1=NN(c2ccc(C#N)cc2)C(=O)C1CCC(=O)O. The average Bonchev–Trinajstić information content (AvgIpc) is 2.72. The molecule has 0 saturated carbocycles. The number of amides is 1. The van der Waals surface area contributed by atoms with Gasteiger partial charge in [-0.1, -0.05) is 0 Å². The Morgan fingerprint density at radius 2 is 2.10 bits per heavy atom. The van der Waals surface area contributed by atoms with Crippen molar-refractivity contribution in [3.05, 3.63) is 29.8 Å². The predicted molar refractivity (Wildman–Crippen MR) is 72.1 cm³/mol. The van der Waals surface area contributed by atoms with Gasteiger partial charge in [0.05, 0.1) is 23.2 Å². The average molecular weight is 271 g/mol. The number of hydrogen-bond donors (Lipinski definition) is 1. The molecule has 102 valence electrons. The molecule has 1 aliphatic heterocycles. The highest BCUT2D eigenvalue weighted by Crippen LogP contribution is 2.26. The van der Waals surface area contributed by atoms with Crippen molar-refractivity contribution in [3.8, 4) is 6.07 Å². The van der Waals surface area contributed by atoms with Crippen molar-refractivity contribution < 1.29 is 14.7 Å². The minimum absolute atomic E-state index is 0.0650. The normalized spacial score (nSPS) is 17.8. The van der Waals surface area contributed by atoms with Gasteiger partial charge in [-0.05, 0) is 37.6 Å². The molecule has 1 atom stereocenters. The smallest absolute Gasteiger partial charge is 0.303 e. The van der Waals surface area contributed by atoms with Gasteiger partial charge >= 0.3 is 5.97 Å². The molecule has 6 nitrogen and oxygen atoms in total. The standard InChI is InChI=1S/C14H13N3O3/c1-9-12(6-7-13(18)19)14(20)17(16-9)11-4-2-10(8-15)3-5-11/h2-5,12H,6-7H2,1H3,(H,18,19). The Morgan fingerprint density at radius 1 is 1.45 bits per heavy atom. The van der Waals surface area contributed by atoms with Crippen molar-refractivity contribution >= 4 is 23.3 Å². The van der Waals surface area contributed by atoms with Gasteiger partial charge in [-0.15, -0.1) is 0 Å². The first-order valence-corrected chi connectivity index (χ1v) is 6.14. The van der Waals surface area contributed by atoms with Gasteiger partial charge in [-0.3, -0.25) is 9.59 Å². The summed E-state index contributed by atoms with van der Waals surface area (Å²) in [6.45, 7) is 1.72. The maximum atomic E-state index is 12.2. The maximum Gasteiger partial charge on any atom is 0.303 e. The maximum absolute atomic E-state index is 12.2. The van der Waals surface area contributed by atoms with Crippen LogP contribution in [0.4, 0.5) is 5.69 Å². The minimum Gasteiger partial charge on any atom is -0.481 e. The largest absolute Gasteiger partial charge is 0.481 e. The second kappa shape index (κ2) is 5.53. The molecule has 1 aromatic rings. The van der Waals surface area contributed by atoms with Crippen LogP contribution in [-0.4, -0.2) is 22.7 Å². The number of nitrogens with zero attached hydrogens (tertiary/aromatic N) is 3. The van der Waals surface area contributed by atoms with Gasteiger partial charge in [0.2, 0.25) is 0 Å². The summed E-state index contributed by atoms with van der Waals surface area (Å²) >= 11 is 0. The van der Waals surface area contributed by atoms with E-state index in [2.05, 4.69) is 5.10 Å². The lowest BCUT2D eigenvalue weighted by Crippen LogP contribution is -2.27. The third-order valence-corrected chi connectivity index (χ3v) is 3.16. The third kappa shape index (κ3) is 2.67. The van der Waals surface area contributed by atoms with Gasteiger partial charge in [0, 0.05) is 12.1 Å². The number of nitriles is 1. The highest BCUT2D eigenvalue weighted by Gasteiger charge is 2.34. The number of carbonyl (C=O) groups is 2. The molecule has 0 saturated heterocycles. The minimum atomic E-state index is -0.928. The molecule has 1 amide bonds. The first-order valence-electron chi connectivity index (χ1n) is 6.14. The highest BCUT2D eigenvalue weighted by atomic mass is 16.4. The van der Waals surface area contributed by atoms with Crippen molar-refractivity contribution in [2.45, 2.75) is 19.8 Å². The lowest BCUT2D eigenvalue weighted by molar-refractivity contribution is -0.137. The predicted octanol–water partition coefficient (Wildman–Crippen LogP) is 1.76. The topological polar surface area (TPSA) is 93.8 Å². The van der Waals surface area contributed by atoms with E-state index in [1.807, 2.05) is 6.07 Å². The van der Waals surface area contributed by atoms with Crippen LogP contribution in [0, 0.1) is 17.2 Å². The molecule has 1 aliphatic rings. The second-order valence-corrected chi connectivity index (χ2v) is 4.54. The van der Waals surface area contributed by atoms with Gasteiger partial charge < -0.3 is 5.11 Å². The van der Waals surface area contributed by atoms with E-state index in [0.717, 1.165) is 0 Å². The summed E-state index contributed by atoms with van der Waals surface area (Å²) in [6.07, 6.45) is 0.181. The number of carboxylic acid groups (broad SMARTS) is 1. The van der Waals surface area contributed by atoms with Gasteiger partial charge in [0.15, 0.2) is 0 Å². The zero-order valence-electron chi connectivity index (χ0n) is 10.9. The zero-order chi connectivity index (χ0) is 14.7. The molecule has 2 rings (SSSR count). The number of benzene rings is 1. The van der Waals surface area contributed by atoms with Gasteiger partial charge in [0.25, 0.3) is 5.91 Å². The fourth-order valence-corrected chi connectivity index (χ4v) is 2.07. The van der Waals surface area contributed by atoms with Gasteiger partial charge in [0.1, 0.15) is 0 Å². The molecule has 20 heavy (non-hydrogen) atoms. The number of carbonyl (C=O) groups excluding carboxylic acids is 1. The van der Waals surface area contributed by atoms with Crippen LogP contribution >= 0.6 is 0 Å². The van der Waals surface area contributed by atoms with Crippen molar-refractivity contribution in [2.24, 2.45) is 11.0 Å². The number of hydrazone groups is 1. The summed E-state index contributed by atoms with van der Waals surface area (Å²) in [5.74, 6) is -1.64. The summed E-state index contributed by atoms with van der Waals surface area (Å²) in [4.78, 5) is 22.8. The number of hydrogen-bond acceptors (Lipinski definition) is 4. The second-order valence-electron chi connectivity index (χ2n) is 4.54. The summed E-state index contributed by atoms with van der Waals surface area (Å²) in [5, 5.41) is 22.9. The van der Waals surface area contributed by atoms with E-state index in [0.29, 0.717) is 17.0 Å². The summed E-state index contributed by atoms with van der Waals surface area (Å²) in [7, 11) is 0. The molecule has 0 bridgehead atoms. The Kier molecular flexibility index (Phi) is 3.80. The van der Waals surface area contributed by atoms with Crippen molar-refractivity contribution in [1.82, 2.24) is 0 Å². The van der Waals surface area contributed by atoms with Crippen LogP contribution in [0.25, 0.3) is 0 Å². The quantitative estimate of drug-likeness (QED) is 0.902. The Morgan fingerprint density at radius 3 is 2.65 bits per heavy atom. The van der Waals surface area contributed by atoms with E-state index in [1.165, 1.54) is 5.01 Å². The molecule has 0 spiro atoms. The molecule has 0 radical (unpaired) electrons. The van der Waals surface area contributed by atoms with Crippen LogP contribution in [0.3, 0.4) is 0 Å². The molecule has 0 aromatic heterocycles. The van der Waals surface area contributed by atoms with Crippen LogP contribution in [0.15, 0.2) is 29.4 Å². The summed E-state index contributed by atoms with van der Waals surface area (Å²) in [5.41, 5.74) is 1.69. The lowest BCUT2D eigenvalue weighted by Gasteiger charge is -2.13. The highest BCUT2D eigenvalue weighted by molar-refractivity contribution is 6.14. The molecule has 6 heteroatoms. The molecular weight excluding hydrogens is 258 g/mol. The Balaban J connectivity index is 2.16. The van der Waals surface area contributed by atoms with Crippen molar-refractivity contribution in [3.63, 3.8) is 0 Å². The fourth-order valence-electron chi connectivity index (χ4n) is 2.07. The number of aliphatic carboxylic acids is 1. The fraction of sp³-hybridized carbons (Fsp3) is 0.286. The van der Waals surface area contributed by atoms with Crippen LogP contribution in [0.2, 0.25) is 0 Å². The first-order chi connectivity index (χ1) is 9.52. The van der Waals surface area contributed by atoms with Crippen LogP contribution in [0.5, 0.6) is 0 Å². The number of rotatable bonds is 4. The van der Waals surface area contributed by atoms with E-state index in [1.54, 1.807) is 31.2 Å². The Bertz CT molecular complexity index is 614. The van der Waals surface area contributed by atoms with Crippen molar-refractivity contribution in [2.75, 3.05) is 5.01 Å².